The van der Waals surface area contributed by atoms with Crippen LogP contribution in [-0.2, 0) is 0 Å². The van der Waals surface area contributed by atoms with Gasteiger partial charge in [0.1, 0.15) is 0 Å². The Balaban J connectivity index is 1.15. The number of nitrogens with zero attached hydrogens (tertiary/aromatic N) is 6. The van der Waals surface area contributed by atoms with Gasteiger partial charge in [-0.25, -0.2) is 15.0 Å². The van der Waals surface area contributed by atoms with Gasteiger partial charge >= 0.3 is 0 Å². The molecule has 6 heteroatoms. The van der Waals surface area contributed by atoms with Crippen LogP contribution in [-0.4, -0.2) is 24.9 Å². The number of pyridine rings is 2. The van der Waals surface area contributed by atoms with Gasteiger partial charge in [-0.05, 0) is 81.6 Å². The van der Waals surface area contributed by atoms with Gasteiger partial charge in [-0.3, -0.25) is 9.97 Å². The van der Waals surface area contributed by atoms with Gasteiger partial charge in [0.15, 0.2) is 17.5 Å². The smallest absolute Gasteiger partial charge is 0.164 e. The number of hydrogen-bond acceptors (Lipinski definition) is 6. The third-order valence-electron chi connectivity index (χ3n) is 10.2. The first-order chi connectivity index (χ1) is 27.7. The molecule has 0 spiro atoms. The van der Waals surface area contributed by atoms with Crippen molar-refractivity contribution in [2.45, 2.75) is 0 Å². The predicted molar refractivity (Wildman–Crippen MR) is 225 cm³/mol. The maximum atomic E-state index is 9.53. The van der Waals surface area contributed by atoms with Crippen LogP contribution < -0.4 is 0 Å². The summed E-state index contributed by atoms with van der Waals surface area (Å²) < 4.78 is 0. The van der Waals surface area contributed by atoms with Gasteiger partial charge in [0.25, 0.3) is 0 Å². The van der Waals surface area contributed by atoms with Crippen molar-refractivity contribution < 1.29 is 0 Å². The molecule has 0 N–H and O–H groups in total. The summed E-state index contributed by atoms with van der Waals surface area (Å²) in [6, 6.07) is 59.7. The van der Waals surface area contributed by atoms with Crippen molar-refractivity contribution in [3.05, 3.63) is 188 Å². The fourth-order valence-electron chi connectivity index (χ4n) is 7.54. The first-order valence-electron chi connectivity index (χ1n) is 18.4. The molecule has 10 aromatic rings. The molecule has 0 aliphatic carbocycles. The molecular weight excluding hydrogens is 685 g/mol. The second-order valence-corrected chi connectivity index (χ2v) is 13.6. The van der Waals surface area contributed by atoms with E-state index in [1.807, 2.05) is 109 Å². The third kappa shape index (κ3) is 5.90. The van der Waals surface area contributed by atoms with Crippen LogP contribution in [0.2, 0.25) is 0 Å². The summed E-state index contributed by atoms with van der Waals surface area (Å²) in [5, 5.41) is 13.8. The molecule has 0 saturated heterocycles. The number of nitriles is 1. The monoisotopic (exact) mass is 714 g/mol. The predicted octanol–water partition coefficient (Wildman–Crippen LogP) is 12.0. The lowest BCUT2D eigenvalue weighted by Gasteiger charge is -2.16. The molecule has 0 atom stereocenters. The second kappa shape index (κ2) is 13.8. The molecular formula is C50H30N6. The Morgan fingerprint density at radius 2 is 0.768 bits per heavy atom. The number of aromatic nitrogens is 5. The Hall–Kier alpha value is -7.88. The van der Waals surface area contributed by atoms with Gasteiger partial charge in [-0.2, -0.15) is 5.26 Å². The van der Waals surface area contributed by atoms with Crippen LogP contribution in [0.4, 0.5) is 0 Å². The highest BCUT2D eigenvalue weighted by molar-refractivity contribution is 6.22. The van der Waals surface area contributed by atoms with E-state index < -0.39 is 0 Å². The molecule has 0 aliphatic rings. The minimum atomic E-state index is 0.596. The second-order valence-electron chi connectivity index (χ2n) is 13.6. The molecule has 0 bridgehead atoms. The Labute approximate surface area is 323 Å². The number of rotatable bonds is 6. The minimum absolute atomic E-state index is 0.596. The molecule has 0 amide bonds. The van der Waals surface area contributed by atoms with Crippen molar-refractivity contribution in [3.63, 3.8) is 0 Å². The quantitative estimate of drug-likeness (QED) is 0.159. The van der Waals surface area contributed by atoms with E-state index in [1.54, 1.807) is 0 Å². The molecule has 0 fully saturated rings. The fourth-order valence-corrected chi connectivity index (χ4v) is 7.54. The first kappa shape index (κ1) is 32.7. The third-order valence-corrected chi connectivity index (χ3v) is 10.2. The zero-order chi connectivity index (χ0) is 37.4. The van der Waals surface area contributed by atoms with Crippen molar-refractivity contribution in [1.82, 2.24) is 24.9 Å². The van der Waals surface area contributed by atoms with Gasteiger partial charge in [-0.1, -0.05) is 121 Å². The van der Waals surface area contributed by atoms with Crippen LogP contribution in [0.25, 0.3) is 100 Å². The number of hydrogen-bond donors (Lipinski definition) is 0. The highest BCUT2D eigenvalue weighted by atomic mass is 15.0. The standard InChI is InChI=1S/C50H30N6/c51-31-32-12-7-17-35(26-32)36-18-8-19-37(27-36)42-29-44-41-23-11-25-53-47(41)43(30-45(44)40-22-10-24-52-46(40)42)38-20-9-21-39(28-38)50-55-48(33-13-3-1-4-14-33)54-49(56-50)34-15-5-2-6-16-34/h1-30H. The van der Waals surface area contributed by atoms with Crippen molar-refractivity contribution in [2.75, 3.05) is 0 Å². The lowest BCUT2D eigenvalue weighted by Crippen LogP contribution is -2.00. The van der Waals surface area contributed by atoms with Crippen molar-refractivity contribution in [3.8, 4) is 73.6 Å². The van der Waals surface area contributed by atoms with Crippen LogP contribution >= 0.6 is 0 Å². The van der Waals surface area contributed by atoms with Crippen LogP contribution in [0.5, 0.6) is 0 Å². The highest BCUT2D eigenvalue weighted by Gasteiger charge is 2.18. The molecule has 0 saturated carbocycles. The topological polar surface area (TPSA) is 88.2 Å². The zero-order valence-corrected chi connectivity index (χ0v) is 30.0. The van der Waals surface area contributed by atoms with Crippen LogP contribution in [0, 0.1) is 11.3 Å². The molecule has 6 nitrogen and oxygen atoms in total. The van der Waals surface area contributed by atoms with Crippen LogP contribution in [0.1, 0.15) is 5.56 Å². The molecule has 0 radical (unpaired) electrons. The summed E-state index contributed by atoms with van der Waals surface area (Å²) in [6.07, 6.45) is 3.71. The summed E-state index contributed by atoms with van der Waals surface area (Å²) >= 11 is 0. The maximum Gasteiger partial charge on any atom is 0.164 e. The average Bonchev–Trinajstić information content (AvgIpc) is 3.29. The van der Waals surface area contributed by atoms with Gasteiger partial charge in [0, 0.05) is 51.0 Å². The van der Waals surface area contributed by atoms with Gasteiger partial charge < -0.3 is 0 Å². The lowest BCUT2D eigenvalue weighted by molar-refractivity contribution is 1.07. The summed E-state index contributed by atoms with van der Waals surface area (Å²) in [5.41, 5.74) is 11.3. The molecule has 7 aromatic carbocycles. The SMILES string of the molecule is N#Cc1cccc(-c2cccc(-c3cc4c5cccnc5c(-c5cccc(-c6nc(-c7ccccc7)nc(-c7ccccc7)n6)c5)cc4c4cccnc34)c2)c1. The van der Waals surface area contributed by atoms with E-state index in [1.165, 1.54) is 0 Å². The number of fused-ring (bicyclic) bond motifs is 5. The molecule has 56 heavy (non-hydrogen) atoms. The largest absolute Gasteiger partial charge is 0.256 e. The Bertz CT molecular complexity index is 3090. The van der Waals surface area contributed by atoms with E-state index in [0.29, 0.717) is 23.0 Å². The summed E-state index contributed by atoms with van der Waals surface area (Å²) in [7, 11) is 0. The van der Waals surface area contributed by atoms with Crippen LogP contribution in [0.3, 0.4) is 0 Å². The van der Waals surface area contributed by atoms with Gasteiger partial charge in [0.05, 0.1) is 22.7 Å². The van der Waals surface area contributed by atoms with Crippen molar-refractivity contribution in [2.24, 2.45) is 0 Å². The Morgan fingerprint density at radius 1 is 0.339 bits per heavy atom. The van der Waals surface area contributed by atoms with E-state index in [4.69, 9.17) is 24.9 Å². The molecule has 10 rings (SSSR count). The summed E-state index contributed by atoms with van der Waals surface area (Å²) in [4.78, 5) is 24.8. The Morgan fingerprint density at radius 3 is 1.30 bits per heavy atom. The highest BCUT2D eigenvalue weighted by Crippen LogP contribution is 2.41. The normalized spacial score (nSPS) is 11.2. The van der Waals surface area contributed by atoms with E-state index in [9.17, 15) is 5.26 Å². The lowest BCUT2D eigenvalue weighted by atomic mass is 9.90. The fraction of sp³-hybridized carbons (Fsp3) is 0. The summed E-state index contributed by atoms with van der Waals surface area (Å²) in [5.74, 6) is 1.83. The number of benzene rings is 7. The van der Waals surface area contributed by atoms with E-state index in [0.717, 1.165) is 82.6 Å². The molecule has 260 valence electrons. The van der Waals surface area contributed by atoms with E-state index in [2.05, 4.69) is 78.9 Å². The van der Waals surface area contributed by atoms with Crippen molar-refractivity contribution in [1.29, 1.82) is 5.26 Å². The molecule has 0 aliphatic heterocycles. The molecule has 0 unspecified atom stereocenters. The van der Waals surface area contributed by atoms with Crippen LogP contribution in [0.15, 0.2) is 182 Å². The zero-order valence-electron chi connectivity index (χ0n) is 30.0. The van der Waals surface area contributed by atoms with Crippen molar-refractivity contribution >= 4 is 32.6 Å². The van der Waals surface area contributed by atoms with Gasteiger partial charge in [0.2, 0.25) is 0 Å². The van der Waals surface area contributed by atoms with E-state index in [-0.39, 0.29) is 0 Å². The van der Waals surface area contributed by atoms with E-state index >= 15 is 0 Å². The first-order valence-corrected chi connectivity index (χ1v) is 18.4. The summed E-state index contributed by atoms with van der Waals surface area (Å²) in [6.45, 7) is 0. The Kier molecular flexibility index (Phi) is 8.09. The molecule has 3 aromatic heterocycles. The van der Waals surface area contributed by atoms with Gasteiger partial charge in [-0.15, -0.1) is 0 Å². The average molecular weight is 715 g/mol. The maximum absolute atomic E-state index is 9.53. The minimum Gasteiger partial charge on any atom is -0.256 e. The molecule has 3 heterocycles.